The third-order valence-corrected chi connectivity index (χ3v) is 0.340. The largest absolute Gasteiger partial charge is 0.479 e. The van der Waals surface area contributed by atoms with E-state index in [1.807, 2.05) is 0 Å². The van der Waals surface area contributed by atoms with Crippen molar-refractivity contribution < 1.29 is 14.7 Å². The molecule has 0 rings (SSSR count). The van der Waals surface area contributed by atoms with Gasteiger partial charge in [0.2, 0.25) is 0 Å². The van der Waals surface area contributed by atoms with Gasteiger partial charge in [0.25, 0.3) is 0 Å². The van der Waals surface area contributed by atoms with Crippen LogP contribution in [0.25, 0.3) is 0 Å². The third kappa shape index (κ3) is 9.19. The molecule has 0 spiro atoms. The van der Waals surface area contributed by atoms with Crippen LogP contribution in [0.2, 0.25) is 0 Å². The zero-order valence-electron chi connectivity index (χ0n) is 4.38. The van der Waals surface area contributed by atoms with Crippen LogP contribution >= 0.6 is 12.4 Å². The first-order valence-corrected chi connectivity index (χ1v) is 1.77. The lowest BCUT2D eigenvalue weighted by Gasteiger charge is -1.91. The Labute approximate surface area is 53.2 Å². The van der Waals surface area contributed by atoms with E-state index in [1.165, 1.54) is 7.05 Å². The van der Waals surface area contributed by atoms with Crippen LogP contribution in [-0.4, -0.2) is 24.7 Å². The van der Waals surface area contributed by atoms with Gasteiger partial charge in [-0.05, 0) is 0 Å². The van der Waals surface area contributed by atoms with Crippen molar-refractivity contribution in [2.45, 2.75) is 0 Å². The minimum atomic E-state index is -0.977. The van der Waals surface area contributed by atoms with Gasteiger partial charge in [-0.15, -0.1) is 12.4 Å². The van der Waals surface area contributed by atoms with Gasteiger partial charge < -0.3 is 5.11 Å². The molecule has 0 aliphatic heterocycles. The van der Waals surface area contributed by atoms with Crippen molar-refractivity contribution in [1.29, 1.82) is 0 Å². The number of carboxylic acid groups (broad SMARTS) is 1. The molecule has 50 valence electrons. The maximum absolute atomic E-state index is 9.59. The molecule has 0 bridgehead atoms. The van der Waals surface area contributed by atoms with Gasteiger partial charge in [-0.1, -0.05) is 0 Å². The molecule has 0 radical (unpaired) electrons. The number of halogens is 1. The smallest absolute Gasteiger partial charge is 0.331 e. The first kappa shape index (κ1) is 10.6. The predicted molar refractivity (Wildman–Crippen MR) is 29.9 cm³/mol. The van der Waals surface area contributed by atoms with E-state index in [0.717, 1.165) is 0 Å². The van der Waals surface area contributed by atoms with E-state index in [2.05, 4.69) is 10.3 Å². The molecule has 0 saturated heterocycles. The average molecular weight is 142 g/mol. The highest BCUT2D eigenvalue weighted by atomic mass is 35.5. The van der Waals surface area contributed by atoms with E-state index < -0.39 is 5.97 Å². The Morgan fingerprint density at radius 2 is 2.38 bits per heavy atom. The summed E-state index contributed by atoms with van der Waals surface area (Å²) in [6.45, 7) is -0.295. The Kier molecular flexibility index (Phi) is 8.87. The van der Waals surface area contributed by atoms with Gasteiger partial charge in [-0.3, -0.25) is 4.84 Å². The van der Waals surface area contributed by atoms with Crippen LogP contribution in [0.15, 0.2) is 0 Å². The molecule has 2 N–H and O–H groups in total. The van der Waals surface area contributed by atoms with E-state index in [0.29, 0.717) is 0 Å². The monoisotopic (exact) mass is 141 g/mol. The Hall–Kier alpha value is -0.320. The van der Waals surface area contributed by atoms with E-state index in [-0.39, 0.29) is 19.0 Å². The minimum absolute atomic E-state index is 0. The summed E-state index contributed by atoms with van der Waals surface area (Å²) < 4.78 is 0. The average Bonchev–Trinajstić information content (AvgIpc) is 1.61. The molecule has 0 heterocycles. The fraction of sp³-hybridized carbons (Fsp3) is 0.667. The zero-order chi connectivity index (χ0) is 5.70. The van der Waals surface area contributed by atoms with Gasteiger partial charge in [0.1, 0.15) is 0 Å². The highest BCUT2D eigenvalue weighted by Crippen LogP contribution is 1.62. The van der Waals surface area contributed by atoms with E-state index in [9.17, 15) is 4.79 Å². The number of hydrogen-bond acceptors (Lipinski definition) is 3. The number of rotatable bonds is 3. The fourth-order valence-electron chi connectivity index (χ4n) is 0.134. The van der Waals surface area contributed by atoms with Crippen LogP contribution in [-0.2, 0) is 9.63 Å². The normalized spacial score (nSPS) is 7.62. The summed E-state index contributed by atoms with van der Waals surface area (Å²) in [5.74, 6) is -0.977. The van der Waals surface area contributed by atoms with Crippen molar-refractivity contribution in [3.05, 3.63) is 0 Å². The number of hydroxylamine groups is 1. The number of nitrogens with one attached hydrogen (secondary N) is 1. The molecule has 0 saturated carbocycles. The highest BCUT2D eigenvalue weighted by Gasteiger charge is 1.90. The Morgan fingerprint density at radius 3 is 2.50 bits per heavy atom. The SMILES string of the molecule is CNOCC(=O)O.Cl. The molecule has 5 heteroatoms. The fourth-order valence-corrected chi connectivity index (χ4v) is 0.134. The summed E-state index contributed by atoms with van der Waals surface area (Å²) >= 11 is 0. The summed E-state index contributed by atoms with van der Waals surface area (Å²) in [7, 11) is 1.50. The van der Waals surface area contributed by atoms with Crippen molar-refractivity contribution in [1.82, 2.24) is 5.48 Å². The van der Waals surface area contributed by atoms with Crippen LogP contribution in [0.4, 0.5) is 0 Å². The van der Waals surface area contributed by atoms with Gasteiger partial charge in [-0.25, -0.2) is 10.3 Å². The first-order chi connectivity index (χ1) is 3.27. The lowest BCUT2D eigenvalue weighted by atomic mass is 10.8. The van der Waals surface area contributed by atoms with Crippen molar-refractivity contribution in [3.8, 4) is 0 Å². The first-order valence-electron chi connectivity index (χ1n) is 1.77. The molecule has 0 aromatic rings. The predicted octanol–water partition coefficient (Wildman–Crippen LogP) is -0.356. The second-order valence-corrected chi connectivity index (χ2v) is 0.887. The Morgan fingerprint density at radius 1 is 1.88 bits per heavy atom. The Bertz CT molecular complexity index is 67.5. The molecular formula is C3H8ClNO3. The van der Waals surface area contributed by atoms with Gasteiger partial charge >= 0.3 is 5.97 Å². The lowest BCUT2D eigenvalue weighted by molar-refractivity contribution is -0.144. The van der Waals surface area contributed by atoms with Crippen molar-refractivity contribution in [3.63, 3.8) is 0 Å². The van der Waals surface area contributed by atoms with Crippen LogP contribution in [0.5, 0.6) is 0 Å². The van der Waals surface area contributed by atoms with Crippen LogP contribution in [0.1, 0.15) is 0 Å². The Balaban J connectivity index is 0. The van der Waals surface area contributed by atoms with Crippen molar-refractivity contribution in [2.75, 3.05) is 13.7 Å². The topological polar surface area (TPSA) is 58.6 Å². The number of carbonyl (C=O) groups is 1. The van der Waals surface area contributed by atoms with Gasteiger partial charge in [0.05, 0.1) is 0 Å². The van der Waals surface area contributed by atoms with Crippen LogP contribution < -0.4 is 5.48 Å². The molecule has 0 fully saturated rings. The maximum Gasteiger partial charge on any atom is 0.331 e. The molecule has 0 unspecified atom stereocenters. The quantitative estimate of drug-likeness (QED) is 0.528. The summed E-state index contributed by atoms with van der Waals surface area (Å²) in [4.78, 5) is 13.8. The van der Waals surface area contributed by atoms with E-state index in [4.69, 9.17) is 5.11 Å². The third-order valence-electron chi connectivity index (χ3n) is 0.340. The van der Waals surface area contributed by atoms with Gasteiger partial charge in [-0.2, -0.15) is 0 Å². The van der Waals surface area contributed by atoms with Crippen molar-refractivity contribution in [2.24, 2.45) is 0 Å². The van der Waals surface area contributed by atoms with Crippen LogP contribution in [0, 0.1) is 0 Å². The molecule has 8 heavy (non-hydrogen) atoms. The van der Waals surface area contributed by atoms with E-state index >= 15 is 0 Å². The van der Waals surface area contributed by atoms with Gasteiger partial charge in [0, 0.05) is 7.05 Å². The maximum atomic E-state index is 9.59. The minimum Gasteiger partial charge on any atom is -0.479 e. The number of carboxylic acids is 1. The standard InChI is InChI=1S/C3H7NO3.ClH/c1-4-7-2-3(5)6;/h4H,2H2,1H3,(H,5,6);1H. The highest BCUT2D eigenvalue weighted by molar-refractivity contribution is 5.85. The van der Waals surface area contributed by atoms with Crippen LogP contribution in [0.3, 0.4) is 0 Å². The molecule has 0 amide bonds. The molecular weight excluding hydrogens is 133 g/mol. The number of aliphatic carboxylic acids is 1. The zero-order valence-corrected chi connectivity index (χ0v) is 5.20. The second kappa shape index (κ2) is 6.68. The molecule has 0 aliphatic carbocycles. The summed E-state index contributed by atoms with van der Waals surface area (Å²) in [6.07, 6.45) is 0. The van der Waals surface area contributed by atoms with E-state index in [1.54, 1.807) is 0 Å². The molecule has 4 nitrogen and oxygen atoms in total. The molecule has 0 atom stereocenters. The van der Waals surface area contributed by atoms with Crippen molar-refractivity contribution >= 4 is 18.4 Å². The van der Waals surface area contributed by atoms with Gasteiger partial charge in [0.15, 0.2) is 6.61 Å². The summed E-state index contributed by atoms with van der Waals surface area (Å²) in [6, 6.07) is 0. The molecule has 0 aromatic heterocycles. The summed E-state index contributed by atoms with van der Waals surface area (Å²) in [5, 5.41) is 7.88. The second-order valence-electron chi connectivity index (χ2n) is 0.887. The summed E-state index contributed by atoms with van der Waals surface area (Å²) in [5.41, 5.74) is 2.22. The lowest BCUT2D eigenvalue weighted by Crippen LogP contribution is -2.14. The number of hydrogen-bond donors (Lipinski definition) is 2. The molecule has 0 aliphatic rings. The molecule has 0 aromatic carbocycles.